The van der Waals surface area contributed by atoms with Gasteiger partial charge in [-0.25, -0.2) is 0 Å². The van der Waals surface area contributed by atoms with Gasteiger partial charge in [-0.05, 0) is 4.92 Å². The van der Waals surface area contributed by atoms with E-state index >= 15 is 0 Å². The van der Waals surface area contributed by atoms with Gasteiger partial charge in [-0.15, -0.1) is 0 Å². The van der Waals surface area contributed by atoms with Crippen molar-refractivity contribution < 1.29 is 14.8 Å². The Labute approximate surface area is 107 Å². The molecule has 0 aliphatic heterocycles. The van der Waals surface area contributed by atoms with Gasteiger partial charge in [0.15, 0.2) is 0 Å². The lowest BCUT2D eigenvalue weighted by Gasteiger charge is -1.99. The first-order valence-corrected chi connectivity index (χ1v) is 4.66. The summed E-state index contributed by atoms with van der Waals surface area (Å²) in [6.07, 6.45) is 0. The topological polar surface area (TPSA) is 212 Å². The second-order valence-corrected chi connectivity index (χ2v) is 3.41. The predicted molar refractivity (Wildman–Crippen MR) is 61.8 cm³/mol. The van der Waals surface area contributed by atoms with Crippen molar-refractivity contribution in [2.45, 2.75) is 0 Å². The molecule has 0 aliphatic carbocycles. The molecular formula is C6H4N8O6. The van der Waals surface area contributed by atoms with Crippen molar-refractivity contribution in [2.24, 2.45) is 0 Å². The smallest absolute Gasteiger partial charge is 0.378 e. The number of rotatable bonds is 3. The molecule has 0 amide bonds. The molecule has 2 aromatic heterocycles. The Morgan fingerprint density at radius 1 is 0.950 bits per heavy atom. The number of aromatic nitrogens is 3. The Kier molecular flexibility index (Phi) is 2.55. The Morgan fingerprint density at radius 2 is 1.50 bits per heavy atom. The van der Waals surface area contributed by atoms with Crippen LogP contribution in [-0.2, 0) is 0 Å². The van der Waals surface area contributed by atoms with Crippen LogP contribution in [0.3, 0.4) is 0 Å². The van der Waals surface area contributed by atoms with Crippen LogP contribution in [0.2, 0.25) is 0 Å². The van der Waals surface area contributed by atoms with Crippen molar-refractivity contribution in [3.8, 4) is 0 Å². The highest BCUT2D eigenvalue weighted by Gasteiger charge is 2.39. The van der Waals surface area contributed by atoms with Crippen LogP contribution in [0.4, 0.5) is 28.8 Å². The van der Waals surface area contributed by atoms with E-state index in [1.165, 1.54) is 0 Å². The van der Waals surface area contributed by atoms with E-state index in [0.29, 0.717) is 4.52 Å². The fraction of sp³-hybridized carbons (Fsp3) is 0. The summed E-state index contributed by atoms with van der Waals surface area (Å²) in [6, 6.07) is 0. The zero-order chi connectivity index (χ0) is 15.2. The molecule has 2 aromatic rings. The second kappa shape index (κ2) is 3.97. The lowest BCUT2D eigenvalue weighted by atomic mass is 10.4. The van der Waals surface area contributed by atoms with Crippen LogP contribution in [0.5, 0.6) is 0 Å². The largest absolute Gasteiger partial charge is 0.470 e. The van der Waals surface area contributed by atoms with Crippen molar-refractivity contribution in [3.05, 3.63) is 30.3 Å². The number of hydrogen-bond acceptors (Lipinski definition) is 10. The first-order valence-electron chi connectivity index (χ1n) is 4.66. The quantitative estimate of drug-likeness (QED) is 0.550. The van der Waals surface area contributed by atoms with Crippen molar-refractivity contribution in [2.75, 3.05) is 11.5 Å². The van der Waals surface area contributed by atoms with Gasteiger partial charge in [0.05, 0.1) is 14.9 Å². The van der Waals surface area contributed by atoms with Gasteiger partial charge in [-0.2, -0.15) is 4.98 Å². The molecule has 0 radical (unpaired) electrons. The Balaban J connectivity index is 2.99. The van der Waals surface area contributed by atoms with Crippen molar-refractivity contribution in [1.82, 2.24) is 14.6 Å². The molecule has 2 rings (SSSR count). The summed E-state index contributed by atoms with van der Waals surface area (Å²) < 4.78 is 0.435. The van der Waals surface area contributed by atoms with Crippen LogP contribution in [0.25, 0.3) is 5.65 Å². The van der Waals surface area contributed by atoms with E-state index in [1.807, 2.05) is 0 Å². The van der Waals surface area contributed by atoms with Gasteiger partial charge < -0.3 is 21.6 Å². The molecule has 14 heteroatoms. The average Bonchev–Trinajstić information content (AvgIpc) is 2.67. The summed E-state index contributed by atoms with van der Waals surface area (Å²) in [5.41, 5.74) is 8.13. The number of nitro groups is 3. The molecule has 104 valence electrons. The molecule has 2 heterocycles. The van der Waals surface area contributed by atoms with Gasteiger partial charge >= 0.3 is 17.2 Å². The first kappa shape index (κ1) is 12.9. The van der Waals surface area contributed by atoms with Gasteiger partial charge in [-0.3, -0.25) is 20.2 Å². The average molecular weight is 284 g/mol. The Bertz CT molecular complexity index is 780. The molecule has 0 aliphatic rings. The Morgan fingerprint density at radius 3 is 1.95 bits per heavy atom. The van der Waals surface area contributed by atoms with E-state index in [1.54, 1.807) is 0 Å². The molecular weight excluding hydrogens is 280 g/mol. The summed E-state index contributed by atoms with van der Waals surface area (Å²) in [5.74, 6) is -2.55. The van der Waals surface area contributed by atoms with Gasteiger partial charge in [-0.1, -0.05) is 4.52 Å². The maximum Gasteiger partial charge on any atom is 0.470 e. The normalized spacial score (nSPS) is 10.6. The summed E-state index contributed by atoms with van der Waals surface area (Å²) in [5, 5.41) is 35.5. The van der Waals surface area contributed by atoms with E-state index in [4.69, 9.17) is 11.5 Å². The minimum absolute atomic E-state index is 0.435. The molecule has 20 heavy (non-hydrogen) atoms. The molecule has 0 aromatic carbocycles. The van der Waals surface area contributed by atoms with Gasteiger partial charge in [0.25, 0.3) is 5.65 Å². The Hall–Kier alpha value is -3.58. The summed E-state index contributed by atoms with van der Waals surface area (Å²) in [6.45, 7) is 0. The third-order valence-electron chi connectivity index (χ3n) is 2.30. The molecule has 0 saturated heterocycles. The van der Waals surface area contributed by atoms with Crippen LogP contribution in [0, 0.1) is 30.3 Å². The predicted octanol–water partition coefficient (Wildman–Crippen LogP) is -0.382. The highest BCUT2D eigenvalue weighted by molar-refractivity contribution is 5.78. The molecule has 0 atom stereocenters. The lowest BCUT2D eigenvalue weighted by Crippen LogP contribution is -2.09. The fourth-order valence-corrected chi connectivity index (χ4v) is 1.53. The molecule has 0 saturated carbocycles. The highest BCUT2D eigenvalue weighted by Crippen LogP contribution is 2.35. The molecule has 0 unspecified atom stereocenters. The number of nitrogens with two attached hydrogens (primary N) is 2. The molecule has 0 bridgehead atoms. The van der Waals surface area contributed by atoms with Crippen LogP contribution in [0.15, 0.2) is 0 Å². The standard InChI is InChI=1S/C6H4N8O6/c7-3-1(12(15)16)4(8)11-5(9-3)2(13(17)18)6(10-11)14(19)20/h8H2,(H2,7,9). The monoisotopic (exact) mass is 284 g/mol. The zero-order valence-corrected chi connectivity index (χ0v) is 9.29. The summed E-state index contributed by atoms with van der Waals surface area (Å²) in [7, 11) is 0. The summed E-state index contributed by atoms with van der Waals surface area (Å²) in [4.78, 5) is 32.5. The maximum atomic E-state index is 10.8. The number of nitrogen functional groups attached to an aromatic ring is 2. The second-order valence-electron chi connectivity index (χ2n) is 3.41. The third-order valence-corrected chi connectivity index (χ3v) is 2.30. The van der Waals surface area contributed by atoms with Gasteiger partial charge in [0.1, 0.15) is 0 Å². The number of nitrogens with zero attached hydrogens (tertiary/aromatic N) is 6. The maximum absolute atomic E-state index is 10.8. The van der Waals surface area contributed by atoms with E-state index in [-0.39, 0.29) is 0 Å². The number of fused-ring (bicyclic) bond motifs is 1. The third kappa shape index (κ3) is 1.59. The first-order chi connectivity index (χ1) is 9.25. The van der Waals surface area contributed by atoms with Crippen LogP contribution in [-0.4, -0.2) is 29.4 Å². The molecule has 4 N–H and O–H groups in total. The minimum atomic E-state index is -1.14. The van der Waals surface area contributed by atoms with Crippen molar-refractivity contribution in [3.63, 3.8) is 0 Å². The van der Waals surface area contributed by atoms with E-state index in [0.717, 1.165) is 0 Å². The van der Waals surface area contributed by atoms with Crippen LogP contribution >= 0.6 is 0 Å². The minimum Gasteiger partial charge on any atom is -0.378 e. The van der Waals surface area contributed by atoms with Crippen molar-refractivity contribution in [1.29, 1.82) is 0 Å². The van der Waals surface area contributed by atoms with Crippen molar-refractivity contribution >= 4 is 34.5 Å². The highest BCUT2D eigenvalue weighted by atomic mass is 16.6. The number of anilines is 2. The lowest BCUT2D eigenvalue weighted by molar-refractivity contribution is -0.423. The van der Waals surface area contributed by atoms with Gasteiger partial charge in [0, 0.05) is 0 Å². The fourth-order valence-electron chi connectivity index (χ4n) is 1.53. The summed E-state index contributed by atoms with van der Waals surface area (Å²) >= 11 is 0. The molecule has 14 nitrogen and oxygen atoms in total. The van der Waals surface area contributed by atoms with Crippen LogP contribution < -0.4 is 11.5 Å². The zero-order valence-electron chi connectivity index (χ0n) is 9.29. The van der Waals surface area contributed by atoms with Gasteiger partial charge in [0.2, 0.25) is 11.6 Å². The van der Waals surface area contributed by atoms with Crippen LogP contribution in [0.1, 0.15) is 0 Å². The van der Waals surface area contributed by atoms with E-state index in [2.05, 4.69) is 10.1 Å². The molecule has 0 fully saturated rings. The van der Waals surface area contributed by atoms with E-state index in [9.17, 15) is 30.3 Å². The molecule has 0 spiro atoms. The number of hydrogen-bond donors (Lipinski definition) is 2. The van der Waals surface area contributed by atoms with E-state index < -0.39 is 49.2 Å². The SMILES string of the molecule is Nc1nc2c([N+](=O)[O-])c([N+](=O)[O-])nn2c(N)c1[N+](=O)[O-].